The third-order valence-electron chi connectivity index (χ3n) is 3.51. The van der Waals surface area contributed by atoms with Gasteiger partial charge in [-0.25, -0.2) is 10.2 Å². The molecular weight excluding hydrogens is 344 g/mol. The number of carbonyl (C=O) groups excluding carboxylic acids is 1. The van der Waals surface area contributed by atoms with Crippen molar-refractivity contribution in [2.45, 2.75) is 11.8 Å². The summed E-state index contributed by atoms with van der Waals surface area (Å²) in [6.45, 7) is 2.02. The molecule has 0 aliphatic rings. The maximum atomic E-state index is 12.1. The number of benzene rings is 2. The molecule has 2 amide bonds. The summed E-state index contributed by atoms with van der Waals surface area (Å²) in [6, 6.07) is 22.7. The third-order valence-corrected chi connectivity index (χ3v) is 4.30. The molecule has 0 atom stereocenters. The van der Waals surface area contributed by atoms with Gasteiger partial charge in [-0.1, -0.05) is 54.1 Å². The second-order valence-electron chi connectivity index (χ2n) is 5.50. The van der Waals surface area contributed by atoms with Gasteiger partial charge in [-0.2, -0.15) is 5.10 Å². The molecule has 2 aromatic carbocycles. The molecule has 0 unspecified atom stereocenters. The second kappa shape index (κ2) is 8.82. The highest BCUT2D eigenvalue weighted by Crippen LogP contribution is 2.14. The Morgan fingerprint density at radius 2 is 1.69 bits per heavy atom. The molecule has 5 nitrogen and oxygen atoms in total. The Balaban J connectivity index is 1.70. The van der Waals surface area contributed by atoms with Crippen LogP contribution >= 0.6 is 11.9 Å². The lowest BCUT2D eigenvalue weighted by Gasteiger charge is -2.08. The van der Waals surface area contributed by atoms with E-state index in [-0.39, 0.29) is 0 Å². The quantitative estimate of drug-likeness (QED) is 0.407. The predicted octanol–water partition coefficient (Wildman–Crippen LogP) is 4.15. The molecule has 0 aliphatic carbocycles. The number of carbonyl (C=O) groups is 1. The summed E-state index contributed by atoms with van der Waals surface area (Å²) in [5, 5.41) is 4.27. The van der Waals surface area contributed by atoms with Crippen molar-refractivity contribution in [1.29, 1.82) is 0 Å². The van der Waals surface area contributed by atoms with E-state index >= 15 is 0 Å². The number of hydrogen-bond acceptors (Lipinski definition) is 4. The van der Waals surface area contributed by atoms with Gasteiger partial charge in [0.2, 0.25) is 0 Å². The van der Waals surface area contributed by atoms with Gasteiger partial charge in [0.25, 0.3) is 0 Å². The van der Waals surface area contributed by atoms with Crippen molar-refractivity contribution in [2.24, 2.45) is 5.10 Å². The Bertz CT molecular complexity index is 839. The molecule has 0 aliphatic heterocycles. The van der Waals surface area contributed by atoms with Gasteiger partial charge in [0.1, 0.15) is 5.71 Å². The first-order valence-electron chi connectivity index (χ1n) is 8.06. The topological polar surface area (TPSA) is 66.4 Å². The summed E-state index contributed by atoms with van der Waals surface area (Å²) in [5.41, 5.74) is 5.87. The lowest BCUT2D eigenvalue weighted by atomic mass is 10.1. The van der Waals surface area contributed by atoms with Crippen molar-refractivity contribution < 1.29 is 4.79 Å². The van der Waals surface area contributed by atoms with Crippen LogP contribution in [0.2, 0.25) is 0 Å². The van der Waals surface area contributed by atoms with Crippen LogP contribution in [0.25, 0.3) is 0 Å². The van der Waals surface area contributed by atoms with Crippen LogP contribution in [0.4, 0.5) is 4.79 Å². The van der Waals surface area contributed by atoms with Crippen molar-refractivity contribution in [3.63, 3.8) is 0 Å². The van der Waals surface area contributed by atoms with E-state index in [1.54, 1.807) is 6.20 Å². The molecule has 1 heterocycles. The van der Waals surface area contributed by atoms with Crippen molar-refractivity contribution in [2.75, 3.05) is 0 Å². The van der Waals surface area contributed by atoms with Gasteiger partial charge in [0.05, 0.1) is 5.69 Å². The normalized spacial score (nSPS) is 11.0. The van der Waals surface area contributed by atoms with Gasteiger partial charge >= 0.3 is 6.03 Å². The molecule has 3 aromatic rings. The average molecular weight is 362 g/mol. The van der Waals surface area contributed by atoms with E-state index in [4.69, 9.17) is 0 Å². The predicted molar refractivity (Wildman–Crippen MR) is 105 cm³/mol. The Kier molecular flexibility index (Phi) is 6.01. The maximum Gasteiger partial charge on any atom is 0.345 e. The van der Waals surface area contributed by atoms with E-state index in [0.717, 1.165) is 10.5 Å². The molecule has 2 N–H and O–H groups in total. The van der Waals surface area contributed by atoms with Gasteiger partial charge in [-0.3, -0.25) is 9.71 Å². The number of hydrogen-bond donors (Lipinski definition) is 2. The molecule has 6 heteroatoms. The molecule has 0 bridgehead atoms. The summed E-state index contributed by atoms with van der Waals surface area (Å²) < 4.78 is 2.72. The number of amides is 2. The summed E-state index contributed by atoms with van der Waals surface area (Å²) in [7, 11) is 0. The minimum absolute atomic E-state index is 0.403. The van der Waals surface area contributed by atoms with Gasteiger partial charge < -0.3 is 0 Å². The third kappa shape index (κ3) is 4.94. The van der Waals surface area contributed by atoms with E-state index in [1.807, 2.05) is 79.7 Å². The summed E-state index contributed by atoms with van der Waals surface area (Å²) in [6.07, 6.45) is 1.70. The zero-order valence-electron chi connectivity index (χ0n) is 14.2. The Labute approximate surface area is 156 Å². The molecule has 1 aromatic heterocycles. The van der Waals surface area contributed by atoms with Gasteiger partial charge in [0, 0.05) is 16.7 Å². The van der Waals surface area contributed by atoms with Crippen molar-refractivity contribution in [3.8, 4) is 0 Å². The van der Waals surface area contributed by atoms with Crippen LogP contribution in [0.15, 0.2) is 89.0 Å². The number of hydrazone groups is 1. The zero-order valence-corrected chi connectivity index (χ0v) is 15.0. The lowest BCUT2D eigenvalue weighted by molar-refractivity contribution is 0.247. The maximum absolute atomic E-state index is 12.1. The largest absolute Gasteiger partial charge is 0.345 e. The van der Waals surface area contributed by atoms with Crippen molar-refractivity contribution in [1.82, 2.24) is 15.1 Å². The van der Waals surface area contributed by atoms with E-state index in [9.17, 15) is 4.79 Å². The van der Waals surface area contributed by atoms with Crippen LogP contribution in [0.5, 0.6) is 0 Å². The summed E-state index contributed by atoms with van der Waals surface area (Å²) >= 11 is 1.23. The standard InChI is InChI=1S/C20H18N4OS/c1-15-10-12-17(13-11-15)26-24-20(25)23-22-19(16-7-3-2-4-8-16)18-9-5-6-14-21-18/h2-14H,1H3,(H2,23,24,25)/b22-19-. The van der Waals surface area contributed by atoms with Crippen molar-refractivity contribution >= 4 is 23.7 Å². The number of rotatable bonds is 5. The Hall–Kier alpha value is -3.12. The summed E-state index contributed by atoms with van der Waals surface area (Å²) in [4.78, 5) is 17.4. The fourth-order valence-corrected chi connectivity index (χ4v) is 2.74. The highest BCUT2D eigenvalue weighted by molar-refractivity contribution is 7.98. The van der Waals surface area contributed by atoms with E-state index < -0.39 is 6.03 Å². The van der Waals surface area contributed by atoms with Gasteiger partial charge in [-0.05, 0) is 43.1 Å². The van der Waals surface area contributed by atoms with E-state index in [2.05, 4.69) is 20.2 Å². The van der Waals surface area contributed by atoms with Crippen LogP contribution in [0.3, 0.4) is 0 Å². The Morgan fingerprint density at radius 1 is 0.962 bits per heavy atom. The Morgan fingerprint density at radius 3 is 2.38 bits per heavy atom. The fourth-order valence-electron chi connectivity index (χ4n) is 2.21. The monoisotopic (exact) mass is 362 g/mol. The van der Waals surface area contributed by atoms with Crippen LogP contribution in [-0.4, -0.2) is 16.7 Å². The fraction of sp³-hybridized carbons (Fsp3) is 0.0500. The molecular formula is C20H18N4OS. The zero-order chi connectivity index (χ0) is 18.2. The number of urea groups is 1. The van der Waals surface area contributed by atoms with Gasteiger partial charge in [-0.15, -0.1) is 0 Å². The van der Waals surface area contributed by atoms with Crippen LogP contribution in [-0.2, 0) is 0 Å². The molecule has 3 rings (SSSR count). The minimum Gasteiger partial charge on any atom is -0.276 e. The minimum atomic E-state index is -0.403. The lowest BCUT2D eigenvalue weighted by Crippen LogP contribution is -2.28. The number of aryl methyl sites for hydroxylation is 1. The molecule has 0 fully saturated rings. The first-order chi connectivity index (χ1) is 12.7. The molecule has 130 valence electrons. The molecule has 0 saturated heterocycles. The number of nitrogens with zero attached hydrogens (tertiary/aromatic N) is 2. The highest BCUT2D eigenvalue weighted by Gasteiger charge is 2.09. The van der Waals surface area contributed by atoms with Crippen molar-refractivity contribution in [3.05, 3.63) is 95.8 Å². The van der Waals surface area contributed by atoms with Crippen LogP contribution < -0.4 is 10.1 Å². The second-order valence-corrected chi connectivity index (χ2v) is 6.38. The van der Waals surface area contributed by atoms with Crippen LogP contribution in [0, 0.1) is 6.92 Å². The SMILES string of the molecule is Cc1ccc(SNC(=O)N/N=C(/c2ccccc2)c2ccccn2)cc1. The molecule has 0 spiro atoms. The van der Waals surface area contributed by atoms with E-state index in [1.165, 1.54) is 17.5 Å². The molecule has 0 saturated carbocycles. The number of aromatic nitrogens is 1. The van der Waals surface area contributed by atoms with Gasteiger partial charge in [0.15, 0.2) is 0 Å². The number of pyridine rings is 1. The molecule has 0 radical (unpaired) electrons. The average Bonchev–Trinajstić information content (AvgIpc) is 2.69. The first kappa shape index (κ1) is 17.7. The van der Waals surface area contributed by atoms with E-state index in [0.29, 0.717) is 11.4 Å². The first-order valence-corrected chi connectivity index (χ1v) is 8.88. The van der Waals surface area contributed by atoms with Crippen LogP contribution in [0.1, 0.15) is 16.8 Å². The summed E-state index contributed by atoms with van der Waals surface area (Å²) in [5.74, 6) is 0. The smallest absolute Gasteiger partial charge is 0.276 e. The molecule has 26 heavy (non-hydrogen) atoms. The highest BCUT2D eigenvalue weighted by atomic mass is 32.2. The number of nitrogens with one attached hydrogen (secondary N) is 2.